The van der Waals surface area contributed by atoms with Crippen molar-refractivity contribution in [3.63, 3.8) is 0 Å². The second-order valence-corrected chi connectivity index (χ2v) is 3.00. The van der Waals surface area contributed by atoms with E-state index in [2.05, 4.69) is 10.6 Å². The van der Waals surface area contributed by atoms with Crippen LogP contribution in [-0.2, 0) is 4.79 Å². The van der Waals surface area contributed by atoms with Gasteiger partial charge in [0.25, 0.3) is 0 Å². The summed E-state index contributed by atoms with van der Waals surface area (Å²) in [5.41, 5.74) is 0. The summed E-state index contributed by atoms with van der Waals surface area (Å²) in [4.78, 5) is 10.7. The van der Waals surface area contributed by atoms with Crippen LogP contribution in [-0.4, -0.2) is 30.9 Å². The highest BCUT2D eigenvalue weighted by molar-refractivity contribution is 6.27. The maximum Gasteiger partial charge on any atom is 0.234 e. The Bertz CT molecular complexity index is 137. The fourth-order valence-electron chi connectivity index (χ4n) is 1.22. The van der Waals surface area contributed by atoms with E-state index in [1.54, 1.807) is 0 Å². The van der Waals surface area contributed by atoms with Crippen molar-refractivity contribution in [2.24, 2.45) is 0 Å². The second-order valence-electron chi connectivity index (χ2n) is 2.73. The van der Waals surface area contributed by atoms with Gasteiger partial charge < -0.3 is 10.6 Å². The van der Waals surface area contributed by atoms with Crippen molar-refractivity contribution in [2.75, 3.05) is 19.0 Å². The van der Waals surface area contributed by atoms with Crippen LogP contribution >= 0.6 is 24.0 Å². The van der Waals surface area contributed by atoms with Crippen molar-refractivity contribution in [1.29, 1.82) is 0 Å². The number of halogens is 2. The van der Waals surface area contributed by atoms with Crippen LogP contribution < -0.4 is 10.6 Å². The molecule has 0 unspecified atom stereocenters. The molecule has 5 heteroatoms. The molecule has 1 aliphatic heterocycles. The Morgan fingerprint density at radius 1 is 1.67 bits per heavy atom. The van der Waals surface area contributed by atoms with Crippen molar-refractivity contribution in [2.45, 2.75) is 18.9 Å². The zero-order chi connectivity index (χ0) is 8.10. The molecule has 12 heavy (non-hydrogen) atoms. The van der Waals surface area contributed by atoms with E-state index < -0.39 is 0 Å². The summed E-state index contributed by atoms with van der Waals surface area (Å²) in [6.45, 7) is 1.78. The van der Waals surface area contributed by atoms with E-state index in [4.69, 9.17) is 11.6 Å². The predicted octanol–water partition coefficient (Wildman–Crippen LogP) is 0.515. The SMILES string of the molecule is Cl.O=C(CCl)NC[C@H]1CCCN1. The fraction of sp³-hybridized carbons (Fsp3) is 0.857. The third-order valence-corrected chi connectivity index (χ3v) is 2.07. The summed E-state index contributed by atoms with van der Waals surface area (Å²) in [6, 6.07) is 0.460. The minimum absolute atomic E-state index is 0. The number of nitrogens with one attached hydrogen (secondary N) is 2. The van der Waals surface area contributed by atoms with Gasteiger partial charge in [-0.2, -0.15) is 0 Å². The average Bonchev–Trinajstić information content (AvgIpc) is 2.52. The third-order valence-electron chi connectivity index (χ3n) is 1.83. The van der Waals surface area contributed by atoms with Crippen molar-refractivity contribution < 1.29 is 4.79 Å². The van der Waals surface area contributed by atoms with Crippen molar-refractivity contribution in [1.82, 2.24) is 10.6 Å². The normalized spacial score (nSPS) is 21.6. The van der Waals surface area contributed by atoms with E-state index in [1.807, 2.05) is 0 Å². The van der Waals surface area contributed by atoms with Gasteiger partial charge in [0.05, 0.1) is 0 Å². The number of rotatable bonds is 3. The lowest BCUT2D eigenvalue weighted by Gasteiger charge is -2.09. The van der Waals surface area contributed by atoms with Gasteiger partial charge in [0, 0.05) is 12.6 Å². The number of carbonyl (C=O) groups is 1. The van der Waals surface area contributed by atoms with E-state index in [0.29, 0.717) is 12.6 Å². The maximum atomic E-state index is 10.7. The zero-order valence-electron chi connectivity index (χ0n) is 6.81. The summed E-state index contributed by atoms with van der Waals surface area (Å²) in [7, 11) is 0. The Morgan fingerprint density at radius 2 is 2.42 bits per heavy atom. The first kappa shape index (κ1) is 12.0. The molecule has 72 valence electrons. The lowest BCUT2D eigenvalue weighted by Crippen LogP contribution is -2.37. The van der Waals surface area contributed by atoms with Gasteiger partial charge in [0.15, 0.2) is 0 Å². The highest BCUT2D eigenvalue weighted by Crippen LogP contribution is 2.02. The Labute approximate surface area is 83.6 Å². The molecule has 0 aromatic heterocycles. The topological polar surface area (TPSA) is 41.1 Å². The van der Waals surface area contributed by atoms with Gasteiger partial charge in [-0.3, -0.25) is 4.79 Å². The molecule has 1 atom stereocenters. The van der Waals surface area contributed by atoms with Gasteiger partial charge in [-0.05, 0) is 19.4 Å². The molecule has 1 heterocycles. The Morgan fingerprint density at radius 3 is 2.92 bits per heavy atom. The molecule has 1 fully saturated rings. The van der Waals surface area contributed by atoms with E-state index in [9.17, 15) is 4.79 Å². The van der Waals surface area contributed by atoms with Crippen LogP contribution in [0, 0.1) is 0 Å². The number of carbonyl (C=O) groups excluding carboxylic acids is 1. The lowest BCUT2D eigenvalue weighted by molar-refractivity contribution is -0.118. The molecule has 0 radical (unpaired) electrons. The Kier molecular flexibility index (Phi) is 6.52. The largest absolute Gasteiger partial charge is 0.354 e. The minimum atomic E-state index is -0.0830. The average molecular weight is 213 g/mol. The Hall–Kier alpha value is 0.01000. The van der Waals surface area contributed by atoms with Crippen LogP contribution in [0.4, 0.5) is 0 Å². The molecule has 3 nitrogen and oxygen atoms in total. The lowest BCUT2D eigenvalue weighted by atomic mass is 10.2. The highest BCUT2D eigenvalue weighted by atomic mass is 35.5. The van der Waals surface area contributed by atoms with E-state index >= 15 is 0 Å². The standard InChI is InChI=1S/C7H13ClN2O.ClH/c8-4-7(11)10-5-6-2-1-3-9-6;/h6,9H,1-5H2,(H,10,11);1H/t6-;/m1./s1. The molecule has 0 spiro atoms. The van der Waals surface area contributed by atoms with Gasteiger partial charge in [-0.25, -0.2) is 0 Å². The molecule has 1 rings (SSSR count). The molecule has 1 amide bonds. The molecule has 0 saturated carbocycles. The predicted molar refractivity (Wildman–Crippen MR) is 52.0 cm³/mol. The maximum absolute atomic E-state index is 10.7. The van der Waals surface area contributed by atoms with Gasteiger partial charge in [0.1, 0.15) is 5.88 Å². The summed E-state index contributed by atoms with van der Waals surface area (Å²) in [5.74, 6) is -0.0208. The molecular weight excluding hydrogens is 199 g/mol. The summed E-state index contributed by atoms with van der Waals surface area (Å²) < 4.78 is 0. The molecule has 0 bridgehead atoms. The Balaban J connectivity index is 0.00000121. The summed E-state index contributed by atoms with van der Waals surface area (Å²) in [5, 5.41) is 6.02. The van der Waals surface area contributed by atoms with Crippen LogP contribution in [0.15, 0.2) is 0 Å². The monoisotopic (exact) mass is 212 g/mol. The highest BCUT2D eigenvalue weighted by Gasteiger charge is 2.13. The van der Waals surface area contributed by atoms with Crippen molar-refractivity contribution in [3.8, 4) is 0 Å². The van der Waals surface area contributed by atoms with Gasteiger partial charge >= 0.3 is 0 Å². The second kappa shape index (κ2) is 6.52. The van der Waals surface area contributed by atoms with E-state index in [-0.39, 0.29) is 24.2 Å². The van der Waals surface area contributed by atoms with Crippen LogP contribution in [0.5, 0.6) is 0 Å². The number of alkyl halides is 1. The van der Waals surface area contributed by atoms with Crippen LogP contribution in [0.25, 0.3) is 0 Å². The minimum Gasteiger partial charge on any atom is -0.354 e. The van der Waals surface area contributed by atoms with Gasteiger partial charge in [-0.1, -0.05) is 0 Å². The van der Waals surface area contributed by atoms with Crippen molar-refractivity contribution >= 4 is 29.9 Å². The molecule has 0 aliphatic carbocycles. The van der Waals surface area contributed by atoms with E-state index in [0.717, 1.165) is 13.0 Å². The molecule has 2 N–H and O–H groups in total. The van der Waals surface area contributed by atoms with Crippen LogP contribution in [0.2, 0.25) is 0 Å². The third kappa shape index (κ3) is 4.14. The first-order valence-electron chi connectivity index (χ1n) is 3.89. The smallest absolute Gasteiger partial charge is 0.234 e. The van der Waals surface area contributed by atoms with Crippen LogP contribution in [0.1, 0.15) is 12.8 Å². The number of hydrogen-bond donors (Lipinski definition) is 2. The first-order chi connectivity index (χ1) is 5.33. The number of hydrogen-bond acceptors (Lipinski definition) is 2. The molecule has 1 aliphatic rings. The van der Waals surface area contributed by atoms with Crippen LogP contribution in [0.3, 0.4) is 0 Å². The van der Waals surface area contributed by atoms with Crippen molar-refractivity contribution in [3.05, 3.63) is 0 Å². The van der Waals surface area contributed by atoms with Gasteiger partial charge in [0.2, 0.25) is 5.91 Å². The quantitative estimate of drug-likeness (QED) is 0.671. The molecule has 0 aromatic carbocycles. The molecule has 1 saturated heterocycles. The number of amides is 1. The summed E-state index contributed by atoms with van der Waals surface area (Å²) in [6.07, 6.45) is 2.37. The molecule has 0 aromatic rings. The first-order valence-corrected chi connectivity index (χ1v) is 4.42. The van der Waals surface area contributed by atoms with Gasteiger partial charge in [-0.15, -0.1) is 24.0 Å². The summed E-state index contributed by atoms with van der Waals surface area (Å²) >= 11 is 5.31. The zero-order valence-corrected chi connectivity index (χ0v) is 8.38. The van der Waals surface area contributed by atoms with E-state index in [1.165, 1.54) is 6.42 Å². The fourth-order valence-corrected chi connectivity index (χ4v) is 1.31. The molecular formula is C7H14Cl2N2O.